The van der Waals surface area contributed by atoms with Crippen LogP contribution in [0.25, 0.3) is 0 Å². The fourth-order valence-electron chi connectivity index (χ4n) is 2.28. The van der Waals surface area contributed by atoms with Crippen LogP contribution in [0, 0.1) is 0 Å². The number of rotatable bonds is 7. The van der Waals surface area contributed by atoms with E-state index in [4.69, 9.17) is 9.47 Å². The summed E-state index contributed by atoms with van der Waals surface area (Å²) >= 11 is 0. The van der Waals surface area contributed by atoms with Crippen molar-refractivity contribution >= 4 is 11.9 Å². The first-order valence-corrected chi connectivity index (χ1v) is 7.32. The highest BCUT2D eigenvalue weighted by atomic mass is 79.9. The molecule has 1 aromatic heterocycles. The molecule has 0 bridgehead atoms. The van der Waals surface area contributed by atoms with E-state index >= 15 is 0 Å². The van der Waals surface area contributed by atoms with Gasteiger partial charge in [-0.05, 0) is 12.1 Å². The van der Waals surface area contributed by atoms with Gasteiger partial charge in [-0.25, -0.2) is 9.59 Å². The molecule has 0 aliphatic carbocycles. The number of hydrogen-bond donors (Lipinski definition) is 1. The maximum atomic E-state index is 11.6. The minimum atomic E-state index is -0.407. The lowest BCUT2D eigenvalue weighted by Crippen LogP contribution is -3.11. The third-order valence-electron chi connectivity index (χ3n) is 3.39. The van der Waals surface area contributed by atoms with Crippen molar-refractivity contribution in [2.75, 3.05) is 32.8 Å². The molecule has 1 aliphatic heterocycles. The van der Waals surface area contributed by atoms with Gasteiger partial charge < -0.3 is 31.4 Å². The Morgan fingerprint density at radius 1 is 1.18 bits per heavy atom. The Bertz CT molecular complexity index is 464. The Hall–Kier alpha value is -1.47. The van der Waals surface area contributed by atoms with Crippen LogP contribution in [0.4, 0.5) is 0 Å². The van der Waals surface area contributed by atoms with Gasteiger partial charge in [0.2, 0.25) is 0 Å². The summed E-state index contributed by atoms with van der Waals surface area (Å²) in [6.45, 7) is 3.06. The van der Waals surface area contributed by atoms with Crippen molar-refractivity contribution in [3.63, 3.8) is 0 Å². The molecule has 0 amide bonds. The molecule has 2 rings (SSSR count). The summed E-state index contributed by atoms with van der Waals surface area (Å²) in [4.78, 5) is 28.3. The van der Waals surface area contributed by atoms with E-state index < -0.39 is 5.97 Å². The number of halogens is 1. The number of hydrogen-bond acceptors (Lipinski definition) is 5. The number of ether oxygens (including phenoxy) is 2. The van der Waals surface area contributed by atoms with Crippen molar-refractivity contribution in [2.45, 2.75) is 19.3 Å². The number of likely N-dealkylation sites (tertiary alicyclic amines) is 1. The molecule has 2 heterocycles. The summed E-state index contributed by atoms with van der Waals surface area (Å²) in [5.74, 6) is -0.582. The summed E-state index contributed by atoms with van der Waals surface area (Å²) in [7, 11) is 0. The first-order valence-electron chi connectivity index (χ1n) is 7.32. The van der Waals surface area contributed by atoms with Crippen molar-refractivity contribution in [1.82, 2.24) is 4.98 Å². The van der Waals surface area contributed by atoms with E-state index in [0.717, 1.165) is 13.1 Å². The molecule has 1 N–H and O–H groups in total. The van der Waals surface area contributed by atoms with Crippen molar-refractivity contribution < 1.29 is 40.9 Å². The van der Waals surface area contributed by atoms with Crippen LogP contribution < -0.4 is 21.9 Å². The molecule has 122 valence electrons. The molecule has 0 unspecified atom stereocenters. The second-order valence-electron chi connectivity index (χ2n) is 5.09. The van der Waals surface area contributed by atoms with E-state index in [1.165, 1.54) is 23.9 Å². The molecule has 0 atom stereocenters. The van der Waals surface area contributed by atoms with E-state index in [0.29, 0.717) is 18.5 Å². The van der Waals surface area contributed by atoms with Crippen molar-refractivity contribution in [3.8, 4) is 0 Å². The number of nitrogens with one attached hydrogen (secondary N) is 1. The highest BCUT2D eigenvalue weighted by molar-refractivity contribution is 5.88. The van der Waals surface area contributed by atoms with Gasteiger partial charge in [-0.1, -0.05) is 0 Å². The molecule has 1 saturated heterocycles. The predicted molar refractivity (Wildman–Crippen MR) is 74.9 cm³/mol. The molecule has 0 aromatic carbocycles. The van der Waals surface area contributed by atoms with Crippen LogP contribution >= 0.6 is 0 Å². The van der Waals surface area contributed by atoms with Crippen LogP contribution in [0.2, 0.25) is 0 Å². The highest BCUT2D eigenvalue weighted by Crippen LogP contribution is 1.99. The monoisotopic (exact) mass is 372 g/mol. The molecule has 7 heteroatoms. The van der Waals surface area contributed by atoms with E-state index in [1.54, 1.807) is 18.3 Å². The second-order valence-corrected chi connectivity index (χ2v) is 5.09. The molecule has 1 aliphatic rings. The zero-order chi connectivity index (χ0) is 14.9. The maximum Gasteiger partial charge on any atom is 0.361 e. The third-order valence-corrected chi connectivity index (χ3v) is 3.39. The Morgan fingerprint density at radius 3 is 2.59 bits per heavy atom. The summed E-state index contributed by atoms with van der Waals surface area (Å²) in [5.41, 5.74) is 0.423. The van der Waals surface area contributed by atoms with Crippen LogP contribution in [0.3, 0.4) is 0 Å². The van der Waals surface area contributed by atoms with Gasteiger partial charge in [0.1, 0.15) is 0 Å². The average Bonchev–Trinajstić information content (AvgIpc) is 3.00. The lowest BCUT2D eigenvalue weighted by atomic mass is 10.3. The summed E-state index contributed by atoms with van der Waals surface area (Å²) in [6.07, 6.45) is 5.94. The molecule has 0 spiro atoms. The summed E-state index contributed by atoms with van der Waals surface area (Å²) in [5, 5.41) is 0. The molecule has 22 heavy (non-hydrogen) atoms. The van der Waals surface area contributed by atoms with Crippen molar-refractivity contribution in [1.29, 1.82) is 0 Å². The van der Waals surface area contributed by atoms with Crippen LogP contribution in [0.1, 0.15) is 29.6 Å². The standard InChI is InChI=1S/C15H20N2O4.BrH/c18-14(12-17-7-1-2-8-17)20-9-4-10-21-15(19)13-5-3-6-16-11-13;/h3,5-6,11H,1-2,4,7-10,12H2;1H. The fraction of sp³-hybridized carbons (Fsp3) is 0.533. The molecular formula is C15H21BrN2O4. The van der Waals surface area contributed by atoms with Gasteiger partial charge in [0.15, 0.2) is 6.54 Å². The Kier molecular flexibility index (Phi) is 8.69. The van der Waals surface area contributed by atoms with Gasteiger partial charge in [0.05, 0.1) is 31.9 Å². The predicted octanol–water partition coefficient (Wildman–Crippen LogP) is -3.15. The number of aromatic nitrogens is 1. The summed E-state index contributed by atoms with van der Waals surface area (Å²) < 4.78 is 10.2. The highest BCUT2D eigenvalue weighted by Gasteiger charge is 2.19. The number of quaternary nitrogens is 1. The molecule has 6 nitrogen and oxygen atoms in total. The van der Waals surface area contributed by atoms with Gasteiger partial charge in [-0.3, -0.25) is 4.98 Å². The molecule has 0 radical (unpaired) electrons. The van der Waals surface area contributed by atoms with Gasteiger partial charge in [0, 0.05) is 31.7 Å². The second kappa shape index (κ2) is 10.3. The minimum absolute atomic E-state index is 0. The number of carbonyl (C=O) groups excluding carboxylic acids is 2. The topological polar surface area (TPSA) is 69.9 Å². The first kappa shape index (κ1) is 18.6. The number of esters is 2. The number of carbonyl (C=O) groups is 2. The van der Waals surface area contributed by atoms with Gasteiger partial charge in [0.25, 0.3) is 0 Å². The Labute approximate surface area is 140 Å². The molecule has 1 fully saturated rings. The van der Waals surface area contributed by atoms with Crippen molar-refractivity contribution in [3.05, 3.63) is 30.1 Å². The largest absolute Gasteiger partial charge is 1.00 e. The number of nitrogens with zero attached hydrogens (tertiary/aromatic N) is 1. The van der Waals surface area contributed by atoms with E-state index in [9.17, 15) is 9.59 Å². The molecule has 1 aromatic rings. The van der Waals surface area contributed by atoms with Crippen LogP contribution in [-0.2, 0) is 14.3 Å². The van der Waals surface area contributed by atoms with E-state index in [2.05, 4.69) is 4.98 Å². The lowest BCUT2D eigenvalue weighted by molar-refractivity contribution is -0.879. The van der Waals surface area contributed by atoms with E-state index in [1.807, 2.05) is 0 Å². The van der Waals surface area contributed by atoms with Crippen molar-refractivity contribution in [2.24, 2.45) is 0 Å². The Balaban J connectivity index is 0.00000242. The van der Waals surface area contributed by atoms with Gasteiger partial charge >= 0.3 is 11.9 Å². The van der Waals surface area contributed by atoms with Gasteiger partial charge in [-0.2, -0.15) is 0 Å². The normalized spacial score (nSPS) is 14.2. The van der Waals surface area contributed by atoms with Crippen LogP contribution in [-0.4, -0.2) is 49.8 Å². The average molecular weight is 373 g/mol. The maximum absolute atomic E-state index is 11.6. The van der Waals surface area contributed by atoms with E-state index in [-0.39, 0.29) is 36.2 Å². The molecular weight excluding hydrogens is 352 g/mol. The minimum Gasteiger partial charge on any atom is -1.00 e. The zero-order valence-electron chi connectivity index (χ0n) is 12.4. The fourth-order valence-corrected chi connectivity index (χ4v) is 2.28. The van der Waals surface area contributed by atoms with Crippen LogP contribution in [0.5, 0.6) is 0 Å². The first-order chi connectivity index (χ1) is 10.3. The molecule has 0 saturated carbocycles. The number of pyridine rings is 1. The smallest absolute Gasteiger partial charge is 0.361 e. The summed E-state index contributed by atoms with van der Waals surface area (Å²) in [6, 6.07) is 3.33. The third kappa shape index (κ3) is 6.53. The zero-order valence-corrected chi connectivity index (χ0v) is 14.0. The quantitative estimate of drug-likeness (QED) is 0.404. The SMILES string of the molecule is O=C(C[NH+]1CCCC1)OCCCOC(=O)c1cccnc1.[Br-]. The van der Waals surface area contributed by atoms with Gasteiger partial charge in [-0.15, -0.1) is 0 Å². The Morgan fingerprint density at radius 2 is 1.91 bits per heavy atom. The lowest BCUT2D eigenvalue weighted by Gasteiger charge is -2.11. The van der Waals surface area contributed by atoms with Crippen LogP contribution in [0.15, 0.2) is 24.5 Å².